The van der Waals surface area contributed by atoms with Gasteiger partial charge in [0.2, 0.25) is 11.8 Å². The number of nitrogens with one attached hydrogen (secondary N) is 3. The number of fused-ring (bicyclic) bond motifs is 1. The molecule has 7 nitrogen and oxygen atoms in total. The van der Waals surface area contributed by atoms with Gasteiger partial charge in [-0.15, -0.1) is 0 Å². The number of amides is 3. The number of hydrogen-bond acceptors (Lipinski definition) is 5. The number of carbonyl (C=O) groups is 3. The molecular formula is C31H40F2N4O3. The van der Waals surface area contributed by atoms with Crippen molar-refractivity contribution in [2.75, 3.05) is 5.32 Å². The Morgan fingerprint density at radius 2 is 1.68 bits per heavy atom. The first kappa shape index (κ1) is 26.4. The average Bonchev–Trinajstić information content (AvgIpc) is 3.18. The van der Waals surface area contributed by atoms with Gasteiger partial charge in [0.15, 0.2) is 0 Å². The molecule has 40 heavy (non-hydrogen) atoms. The van der Waals surface area contributed by atoms with Gasteiger partial charge in [-0.2, -0.15) is 0 Å². The van der Waals surface area contributed by atoms with Gasteiger partial charge in [0.05, 0.1) is 0 Å². The number of halogens is 2. The Hall–Kier alpha value is -2.55. The lowest BCUT2D eigenvalue weighted by Gasteiger charge is -2.58. The van der Waals surface area contributed by atoms with E-state index in [1.165, 1.54) is 32.1 Å². The van der Waals surface area contributed by atoms with Gasteiger partial charge in [0, 0.05) is 60.7 Å². The minimum Gasteiger partial charge on any atom is -0.381 e. The van der Waals surface area contributed by atoms with Crippen LogP contribution in [0.3, 0.4) is 0 Å². The van der Waals surface area contributed by atoms with Crippen LogP contribution in [0.2, 0.25) is 0 Å². The SMILES string of the molecule is O=C1CC[C@@H](N2Cc3c(N[C@H](C4CCC(NC5CC(F)(F)C5)CC4)C4CC5(CCC5)C4)cccc3C2=O)C(=O)N1. The summed E-state index contributed by atoms with van der Waals surface area (Å²) in [5.41, 5.74) is 3.12. The van der Waals surface area contributed by atoms with Crippen molar-refractivity contribution < 1.29 is 23.2 Å². The Bertz CT molecular complexity index is 1190. The van der Waals surface area contributed by atoms with Crippen LogP contribution in [0, 0.1) is 17.3 Å². The van der Waals surface area contributed by atoms with E-state index >= 15 is 0 Å². The topological polar surface area (TPSA) is 90.5 Å². The summed E-state index contributed by atoms with van der Waals surface area (Å²) in [5.74, 6) is -2.20. The summed E-state index contributed by atoms with van der Waals surface area (Å²) < 4.78 is 26.7. The fourth-order valence-corrected chi connectivity index (χ4v) is 8.67. The summed E-state index contributed by atoms with van der Waals surface area (Å²) >= 11 is 0. The summed E-state index contributed by atoms with van der Waals surface area (Å²) in [6, 6.07) is 5.79. The van der Waals surface area contributed by atoms with Crippen molar-refractivity contribution in [2.24, 2.45) is 17.3 Å². The van der Waals surface area contributed by atoms with Crippen LogP contribution in [0.25, 0.3) is 0 Å². The molecule has 4 saturated carbocycles. The fraction of sp³-hybridized carbons (Fsp3) is 0.710. The van der Waals surface area contributed by atoms with Crippen molar-refractivity contribution in [2.45, 2.75) is 120 Å². The Morgan fingerprint density at radius 1 is 0.925 bits per heavy atom. The lowest BCUT2D eigenvalue weighted by Crippen LogP contribution is -2.54. The first-order valence-corrected chi connectivity index (χ1v) is 15.4. The third kappa shape index (κ3) is 4.72. The number of anilines is 1. The van der Waals surface area contributed by atoms with E-state index in [1.807, 2.05) is 12.1 Å². The van der Waals surface area contributed by atoms with E-state index in [1.54, 1.807) is 4.90 Å². The minimum absolute atomic E-state index is 0.0328. The maximum Gasteiger partial charge on any atom is 0.255 e. The highest BCUT2D eigenvalue weighted by Gasteiger charge is 2.52. The van der Waals surface area contributed by atoms with E-state index in [0.29, 0.717) is 47.9 Å². The zero-order chi connectivity index (χ0) is 27.6. The highest BCUT2D eigenvalue weighted by molar-refractivity contribution is 6.06. The summed E-state index contributed by atoms with van der Waals surface area (Å²) in [4.78, 5) is 39.2. The summed E-state index contributed by atoms with van der Waals surface area (Å²) in [7, 11) is 0. The zero-order valence-electron chi connectivity index (χ0n) is 23.0. The van der Waals surface area contributed by atoms with Crippen LogP contribution in [0.4, 0.5) is 14.5 Å². The molecule has 216 valence electrons. The van der Waals surface area contributed by atoms with Crippen molar-refractivity contribution in [3.63, 3.8) is 0 Å². The zero-order valence-corrected chi connectivity index (χ0v) is 23.0. The quantitative estimate of drug-likeness (QED) is 0.423. The van der Waals surface area contributed by atoms with Crippen molar-refractivity contribution in [1.82, 2.24) is 15.5 Å². The van der Waals surface area contributed by atoms with Gasteiger partial charge in [-0.1, -0.05) is 12.5 Å². The van der Waals surface area contributed by atoms with Crippen LogP contribution in [0.15, 0.2) is 18.2 Å². The average molecular weight is 555 g/mol. The van der Waals surface area contributed by atoms with E-state index < -0.39 is 12.0 Å². The molecule has 2 heterocycles. The number of piperidine rings is 1. The second kappa shape index (κ2) is 9.78. The highest BCUT2D eigenvalue weighted by atomic mass is 19.3. The van der Waals surface area contributed by atoms with Gasteiger partial charge >= 0.3 is 0 Å². The second-order valence-electron chi connectivity index (χ2n) is 13.7. The number of nitrogens with zero attached hydrogens (tertiary/aromatic N) is 1. The van der Waals surface area contributed by atoms with Crippen molar-refractivity contribution in [3.05, 3.63) is 29.3 Å². The van der Waals surface area contributed by atoms with Crippen molar-refractivity contribution in [1.29, 1.82) is 0 Å². The van der Waals surface area contributed by atoms with Crippen molar-refractivity contribution in [3.8, 4) is 0 Å². The molecular weight excluding hydrogens is 514 g/mol. The molecule has 1 aromatic rings. The number of imide groups is 1. The lowest BCUT2D eigenvalue weighted by atomic mass is 9.49. The predicted octanol–water partition coefficient (Wildman–Crippen LogP) is 4.75. The Morgan fingerprint density at radius 3 is 2.33 bits per heavy atom. The summed E-state index contributed by atoms with van der Waals surface area (Å²) in [6.07, 6.45) is 11.2. The first-order chi connectivity index (χ1) is 19.2. The van der Waals surface area contributed by atoms with Crippen LogP contribution in [-0.2, 0) is 16.1 Å². The van der Waals surface area contributed by atoms with Crippen LogP contribution in [0.1, 0.15) is 99.4 Å². The van der Waals surface area contributed by atoms with Gasteiger partial charge in [0.1, 0.15) is 6.04 Å². The number of alkyl halides is 2. The van der Waals surface area contributed by atoms with Gasteiger partial charge < -0.3 is 15.5 Å². The molecule has 0 aromatic heterocycles. The molecule has 1 saturated heterocycles. The van der Waals surface area contributed by atoms with Crippen LogP contribution in [0.5, 0.6) is 0 Å². The standard InChI is InChI=1S/C31H40F2N4O3/c32-31(33)15-21(16-31)34-20-7-5-18(6-8-20)27(19-13-30(14-19)11-2-12-30)35-24-4-1-3-22-23(24)17-37(29(22)40)25-9-10-26(38)36-28(25)39/h1,3-4,18-21,25,27,34-35H,2,5-17H2,(H,36,38,39)/t18?,20?,25-,27-/m1/s1. The molecule has 0 bridgehead atoms. The molecule has 1 aromatic carbocycles. The van der Waals surface area contributed by atoms with Gasteiger partial charge in [-0.3, -0.25) is 19.7 Å². The third-order valence-electron chi connectivity index (χ3n) is 11.1. The summed E-state index contributed by atoms with van der Waals surface area (Å²) in [5, 5.41) is 9.82. The smallest absolute Gasteiger partial charge is 0.255 e. The minimum atomic E-state index is -2.49. The number of benzene rings is 1. The predicted molar refractivity (Wildman–Crippen MR) is 146 cm³/mol. The molecule has 5 fully saturated rings. The highest BCUT2D eigenvalue weighted by Crippen LogP contribution is 2.60. The summed E-state index contributed by atoms with van der Waals surface area (Å²) in [6.45, 7) is 0.369. The van der Waals surface area contributed by atoms with Gasteiger partial charge in [-0.25, -0.2) is 8.78 Å². The monoisotopic (exact) mass is 554 g/mol. The molecule has 3 N–H and O–H groups in total. The normalized spacial score (nSPS) is 33.5. The molecule has 7 rings (SSSR count). The van der Waals surface area contributed by atoms with Gasteiger partial charge in [-0.05, 0) is 87.2 Å². The Kier molecular flexibility index (Phi) is 6.44. The van der Waals surface area contributed by atoms with E-state index in [0.717, 1.165) is 36.9 Å². The van der Waals surface area contributed by atoms with E-state index in [2.05, 4.69) is 22.0 Å². The Balaban J connectivity index is 1.05. The first-order valence-electron chi connectivity index (χ1n) is 15.4. The largest absolute Gasteiger partial charge is 0.381 e. The van der Waals surface area contributed by atoms with E-state index in [4.69, 9.17) is 0 Å². The number of carbonyl (C=O) groups excluding carboxylic acids is 3. The molecule has 2 atom stereocenters. The molecule has 6 aliphatic rings. The lowest BCUT2D eigenvalue weighted by molar-refractivity contribution is -0.136. The van der Waals surface area contributed by atoms with Crippen LogP contribution >= 0.6 is 0 Å². The number of rotatable bonds is 7. The molecule has 3 amide bonds. The number of hydrogen-bond donors (Lipinski definition) is 3. The fourth-order valence-electron chi connectivity index (χ4n) is 8.67. The Labute approximate surface area is 234 Å². The molecule has 4 aliphatic carbocycles. The van der Waals surface area contributed by atoms with Crippen molar-refractivity contribution >= 4 is 23.4 Å². The van der Waals surface area contributed by atoms with Gasteiger partial charge in [0.25, 0.3) is 11.8 Å². The molecule has 2 aliphatic heterocycles. The van der Waals surface area contributed by atoms with E-state index in [-0.39, 0.29) is 43.0 Å². The third-order valence-corrected chi connectivity index (χ3v) is 11.1. The van der Waals surface area contributed by atoms with Crippen LogP contribution in [-0.4, -0.2) is 52.7 Å². The van der Waals surface area contributed by atoms with Crippen LogP contribution < -0.4 is 16.0 Å². The maximum atomic E-state index is 13.4. The molecule has 9 heteroatoms. The maximum absolute atomic E-state index is 13.4. The second-order valence-corrected chi connectivity index (χ2v) is 13.7. The van der Waals surface area contributed by atoms with E-state index in [9.17, 15) is 23.2 Å². The molecule has 1 spiro atoms. The molecule has 0 unspecified atom stereocenters. The molecule has 0 radical (unpaired) electrons.